The van der Waals surface area contributed by atoms with E-state index in [-0.39, 0.29) is 31.7 Å². The van der Waals surface area contributed by atoms with E-state index in [0.29, 0.717) is 24.3 Å². The molecule has 160 valence electrons. The van der Waals surface area contributed by atoms with Gasteiger partial charge < -0.3 is 19.8 Å². The van der Waals surface area contributed by atoms with E-state index >= 15 is 0 Å². The molecule has 30 heavy (non-hydrogen) atoms. The summed E-state index contributed by atoms with van der Waals surface area (Å²) in [5.74, 6) is -1.02. The van der Waals surface area contributed by atoms with Gasteiger partial charge >= 0.3 is 5.97 Å². The lowest BCUT2D eigenvalue weighted by molar-refractivity contribution is -0.165. The third kappa shape index (κ3) is 4.79. The number of halogens is 1. The van der Waals surface area contributed by atoms with E-state index in [1.807, 2.05) is 24.3 Å². The molecule has 0 unspecified atom stereocenters. The third-order valence-electron chi connectivity index (χ3n) is 5.76. The van der Waals surface area contributed by atoms with Crippen molar-refractivity contribution in [2.45, 2.75) is 31.8 Å². The van der Waals surface area contributed by atoms with Gasteiger partial charge in [0, 0.05) is 19.5 Å². The highest BCUT2D eigenvalue weighted by Gasteiger charge is 2.50. The third-order valence-corrected chi connectivity index (χ3v) is 5.76. The Kier molecular flexibility index (Phi) is 6.72. The van der Waals surface area contributed by atoms with Crippen LogP contribution in [0.2, 0.25) is 0 Å². The molecule has 0 radical (unpaired) electrons. The quantitative estimate of drug-likeness (QED) is 0.726. The Morgan fingerprint density at radius 2 is 1.93 bits per heavy atom. The molecule has 1 amide bonds. The molecule has 3 rings (SSSR count). The van der Waals surface area contributed by atoms with Gasteiger partial charge in [0.25, 0.3) is 0 Å². The van der Waals surface area contributed by atoms with Crippen molar-refractivity contribution < 1.29 is 28.9 Å². The molecule has 0 spiro atoms. The molecule has 7 heteroatoms. The number of rotatable bonds is 7. The van der Waals surface area contributed by atoms with Crippen molar-refractivity contribution in [1.29, 1.82) is 0 Å². The van der Waals surface area contributed by atoms with E-state index in [0.717, 1.165) is 5.56 Å². The second-order valence-corrected chi connectivity index (χ2v) is 7.74. The van der Waals surface area contributed by atoms with Crippen molar-refractivity contribution >= 4 is 11.9 Å². The topological polar surface area (TPSA) is 87.1 Å². The number of carboxylic acids is 1. The predicted octanol–water partition coefficient (Wildman–Crippen LogP) is 2.67. The zero-order chi connectivity index (χ0) is 21.7. The number of piperidine rings is 1. The first-order valence-electron chi connectivity index (χ1n) is 9.90. The molecule has 2 aromatic rings. The molecule has 1 aliphatic rings. The van der Waals surface area contributed by atoms with Gasteiger partial charge in [0.15, 0.2) is 0 Å². The number of aliphatic hydroxyl groups excluding tert-OH is 1. The van der Waals surface area contributed by atoms with Crippen molar-refractivity contribution in [1.82, 2.24) is 4.90 Å². The normalized spacial score (nSPS) is 21.3. The number of amides is 1. The van der Waals surface area contributed by atoms with E-state index < -0.39 is 23.3 Å². The van der Waals surface area contributed by atoms with Crippen LogP contribution >= 0.6 is 0 Å². The number of carboxylic acid groups (broad SMARTS) is 1. The maximum absolute atomic E-state index is 13.2. The first-order valence-corrected chi connectivity index (χ1v) is 9.90. The summed E-state index contributed by atoms with van der Waals surface area (Å²) in [5.41, 5.74) is 0.0286. The van der Waals surface area contributed by atoms with Crippen LogP contribution in [0.5, 0.6) is 5.75 Å². The van der Waals surface area contributed by atoms with Crippen LogP contribution < -0.4 is 4.74 Å². The number of carbonyl (C=O) groups excluding carboxylic acids is 1. The molecule has 0 bridgehead atoms. The fourth-order valence-electron chi connectivity index (χ4n) is 3.96. The highest BCUT2D eigenvalue weighted by Crippen LogP contribution is 2.35. The number of hydrogen-bond donors (Lipinski definition) is 2. The Morgan fingerprint density at radius 3 is 2.60 bits per heavy atom. The minimum absolute atomic E-state index is 0.0173. The van der Waals surface area contributed by atoms with Gasteiger partial charge in [0.05, 0.1) is 13.2 Å². The Balaban J connectivity index is 1.72. The highest BCUT2D eigenvalue weighted by molar-refractivity contribution is 5.80. The van der Waals surface area contributed by atoms with Gasteiger partial charge in [0.2, 0.25) is 5.91 Å². The van der Waals surface area contributed by atoms with Gasteiger partial charge in [0.1, 0.15) is 17.0 Å². The van der Waals surface area contributed by atoms with Crippen molar-refractivity contribution in [3.05, 3.63) is 65.5 Å². The Morgan fingerprint density at radius 1 is 1.20 bits per heavy atom. The number of aliphatic hydroxyl groups is 1. The van der Waals surface area contributed by atoms with Crippen LogP contribution in [-0.2, 0) is 22.4 Å². The SMILES string of the molecule is COc1cccc(CCC(=O)N2CC[C@@H](O)[C@](Cc3ccc(F)cc3)(C(=O)O)C2)c1. The fourth-order valence-corrected chi connectivity index (χ4v) is 3.96. The Hall–Kier alpha value is -2.93. The summed E-state index contributed by atoms with van der Waals surface area (Å²) in [6.45, 7) is 0.217. The molecular formula is C23H26FNO5. The maximum Gasteiger partial charge on any atom is 0.314 e. The van der Waals surface area contributed by atoms with Crippen molar-refractivity contribution in [3.63, 3.8) is 0 Å². The van der Waals surface area contributed by atoms with Crippen molar-refractivity contribution in [2.75, 3.05) is 20.2 Å². The first kappa shape index (κ1) is 21.8. The number of benzene rings is 2. The second kappa shape index (κ2) is 9.26. The molecule has 6 nitrogen and oxygen atoms in total. The lowest BCUT2D eigenvalue weighted by Gasteiger charge is -2.43. The molecule has 2 N–H and O–H groups in total. The summed E-state index contributed by atoms with van der Waals surface area (Å²) in [7, 11) is 1.58. The summed E-state index contributed by atoms with van der Waals surface area (Å²) in [5, 5.41) is 20.5. The maximum atomic E-state index is 13.2. The molecule has 1 aliphatic heterocycles. The molecule has 0 aliphatic carbocycles. The van der Waals surface area contributed by atoms with Crippen LogP contribution in [0.15, 0.2) is 48.5 Å². The molecule has 0 saturated carbocycles. The monoisotopic (exact) mass is 415 g/mol. The number of carbonyl (C=O) groups is 2. The van der Waals surface area contributed by atoms with Crippen LogP contribution in [0.4, 0.5) is 4.39 Å². The zero-order valence-electron chi connectivity index (χ0n) is 16.9. The predicted molar refractivity (Wildman–Crippen MR) is 109 cm³/mol. The van der Waals surface area contributed by atoms with Gasteiger partial charge in [-0.1, -0.05) is 24.3 Å². The number of methoxy groups -OCH3 is 1. The average Bonchev–Trinajstić information content (AvgIpc) is 2.75. The lowest BCUT2D eigenvalue weighted by atomic mass is 9.72. The first-order chi connectivity index (χ1) is 14.3. The van der Waals surface area contributed by atoms with Crippen molar-refractivity contribution in [2.24, 2.45) is 5.41 Å². The van der Waals surface area contributed by atoms with Gasteiger partial charge in [-0.25, -0.2) is 4.39 Å². The van der Waals surface area contributed by atoms with E-state index in [2.05, 4.69) is 0 Å². The second-order valence-electron chi connectivity index (χ2n) is 7.74. The molecular weight excluding hydrogens is 389 g/mol. The van der Waals surface area contributed by atoms with E-state index in [1.165, 1.54) is 29.2 Å². The summed E-state index contributed by atoms with van der Waals surface area (Å²) in [6.07, 6.45) is -0.160. The summed E-state index contributed by atoms with van der Waals surface area (Å²) in [6, 6.07) is 13.0. The van der Waals surface area contributed by atoms with Crippen LogP contribution in [0.25, 0.3) is 0 Å². The average molecular weight is 415 g/mol. The van der Waals surface area contributed by atoms with Gasteiger partial charge in [-0.05, 0) is 54.7 Å². The largest absolute Gasteiger partial charge is 0.497 e. The van der Waals surface area contributed by atoms with Crippen molar-refractivity contribution in [3.8, 4) is 5.75 Å². The molecule has 2 aromatic carbocycles. The van der Waals surface area contributed by atoms with E-state index in [1.54, 1.807) is 7.11 Å². The molecule has 1 fully saturated rings. The number of aryl methyl sites for hydroxylation is 1. The Labute approximate surface area is 174 Å². The van der Waals surface area contributed by atoms with Gasteiger partial charge in [-0.2, -0.15) is 0 Å². The lowest BCUT2D eigenvalue weighted by Crippen LogP contribution is -2.58. The smallest absolute Gasteiger partial charge is 0.314 e. The highest BCUT2D eigenvalue weighted by atomic mass is 19.1. The van der Waals surface area contributed by atoms with Crippen LogP contribution in [0.1, 0.15) is 24.0 Å². The number of ether oxygens (including phenoxy) is 1. The van der Waals surface area contributed by atoms with Crippen LogP contribution in [0, 0.1) is 11.2 Å². The molecule has 2 atom stereocenters. The van der Waals surface area contributed by atoms with E-state index in [9.17, 15) is 24.2 Å². The summed E-state index contributed by atoms with van der Waals surface area (Å²) >= 11 is 0. The number of aliphatic carboxylic acids is 1. The van der Waals surface area contributed by atoms with E-state index in [4.69, 9.17) is 4.74 Å². The van der Waals surface area contributed by atoms with Gasteiger partial charge in [-0.3, -0.25) is 9.59 Å². The number of hydrogen-bond acceptors (Lipinski definition) is 4. The molecule has 1 heterocycles. The molecule has 1 saturated heterocycles. The minimum atomic E-state index is -1.53. The Bertz CT molecular complexity index is 901. The summed E-state index contributed by atoms with van der Waals surface area (Å²) in [4.78, 5) is 26.5. The molecule has 0 aromatic heterocycles. The number of likely N-dealkylation sites (tertiary alicyclic amines) is 1. The van der Waals surface area contributed by atoms with Gasteiger partial charge in [-0.15, -0.1) is 0 Å². The minimum Gasteiger partial charge on any atom is -0.497 e. The standard InChI is InChI=1S/C23H26FNO5/c1-30-19-4-2-3-16(13-19)7-10-21(27)25-12-11-20(26)23(15-25,22(28)29)14-17-5-8-18(24)9-6-17/h2-6,8-9,13,20,26H,7,10-12,14-15H2,1H3,(H,28,29)/t20-,23-/m1/s1. The summed E-state index contributed by atoms with van der Waals surface area (Å²) < 4.78 is 18.4. The number of nitrogens with zero attached hydrogens (tertiary/aromatic N) is 1. The van der Waals surface area contributed by atoms with Crippen LogP contribution in [0.3, 0.4) is 0 Å². The zero-order valence-corrected chi connectivity index (χ0v) is 16.9. The van der Waals surface area contributed by atoms with Crippen LogP contribution in [-0.4, -0.2) is 53.3 Å². The fraction of sp³-hybridized carbons (Fsp3) is 0.391.